The van der Waals surface area contributed by atoms with Crippen molar-refractivity contribution in [3.63, 3.8) is 0 Å². The molecule has 4 nitrogen and oxygen atoms in total. The summed E-state index contributed by atoms with van der Waals surface area (Å²) in [6.07, 6.45) is -0.417. The lowest BCUT2D eigenvalue weighted by Gasteiger charge is -2.09. The largest absolute Gasteiger partial charge is 0.392 e. The summed E-state index contributed by atoms with van der Waals surface area (Å²) < 4.78 is 2.02. The predicted octanol–water partition coefficient (Wildman–Crippen LogP) is 2.54. The average molecular weight is 259 g/mol. The first-order chi connectivity index (χ1) is 8.75. The number of nitrogens with zero attached hydrogens (tertiary/aromatic N) is 3. The SMILES string of the molecule is C[C@H](O)Cn1c(-c2cscn2)nc2ccccc21. The van der Waals surface area contributed by atoms with E-state index in [-0.39, 0.29) is 0 Å². The average Bonchev–Trinajstić information content (AvgIpc) is 2.96. The van der Waals surface area contributed by atoms with Crippen molar-refractivity contribution < 1.29 is 5.11 Å². The number of benzene rings is 1. The Morgan fingerprint density at radius 1 is 1.39 bits per heavy atom. The van der Waals surface area contributed by atoms with Crippen LogP contribution in [0.4, 0.5) is 0 Å². The molecule has 0 fully saturated rings. The quantitative estimate of drug-likeness (QED) is 0.786. The van der Waals surface area contributed by atoms with Gasteiger partial charge in [0, 0.05) is 5.38 Å². The molecule has 1 atom stereocenters. The summed E-state index contributed by atoms with van der Waals surface area (Å²) in [5, 5.41) is 11.6. The van der Waals surface area contributed by atoms with Crippen LogP contribution in [0.3, 0.4) is 0 Å². The van der Waals surface area contributed by atoms with Gasteiger partial charge in [0.2, 0.25) is 0 Å². The van der Waals surface area contributed by atoms with E-state index in [1.54, 1.807) is 23.8 Å². The lowest BCUT2D eigenvalue weighted by Crippen LogP contribution is -2.12. The number of aliphatic hydroxyl groups is 1. The van der Waals surface area contributed by atoms with Gasteiger partial charge in [-0.3, -0.25) is 0 Å². The molecule has 92 valence electrons. The molecule has 1 aromatic carbocycles. The van der Waals surface area contributed by atoms with Crippen molar-refractivity contribution in [1.29, 1.82) is 0 Å². The zero-order chi connectivity index (χ0) is 12.5. The van der Waals surface area contributed by atoms with Gasteiger partial charge in [-0.15, -0.1) is 11.3 Å². The van der Waals surface area contributed by atoms with E-state index in [9.17, 15) is 5.11 Å². The minimum absolute atomic E-state index is 0.417. The zero-order valence-corrected chi connectivity index (χ0v) is 10.8. The number of imidazole rings is 1. The summed E-state index contributed by atoms with van der Waals surface area (Å²) in [6.45, 7) is 2.30. The molecule has 0 radical (unpaired) electrons. The van der Waals surface area contributed by atoms with Crippen LogP contribution in [0.1, 0.15) is 6.92 Å². The van der Waals surface area contributed by atoms with Crippen LogP contribution in [0.25, 0.3) is 22.6 Å². The molecule has 0 aliphatic heterocycles. The lowest BCUT2D eigenvalue weighted by atomic mass is 10.3. The van der Waals surface area contributed by atoms with Crippen molar-refractivity contribution in [2.24, 2.45) is 0 Å². The highest BCUT2D eigenvalue weighted by Crippen LogP contribution is 2.24. The summed E-state index contributed by atoms with van der Waals surface area (Å²) in [7, 11) is 0. The Kier molecular flexibility index (Phi) is 2.85. The Balaban J connectivity index is 2.23. The topological polar surface area (TPSA) is 50.9 Å². The molecular weight excluding hydrogens is 246 g/mol. The molecule has 0 bridgehead atoms. The molecule has 0 aliphatic rings. The molecule has 2 heterocycles. The van der Waals surface area contributed by atoms with Crippen LogP contribution in [0.2, 0.25) is 0 Å². The van der Waals surface area contributed by atoms with Gasteiger partial charge in [-0.1, -0.05) is 12.1 Å². The lowest BCUT2D eigenvalue weighted by molar-refractivity contribution is 0.175. The van der Waals surface area contributed by atoms with Crippen LogP contribution in [0, 0.1) is 0 Å². The van der Waals surface area contributed by atoms with Crippen molar-refractivity contribution in [3.05, 3.63) is 35.2 Å². The third-order valence-corrected chi connectivity index (χ3v) is 3.35. The maximum Gasteiger partial charge on any atom is 0.160 e. The van der Waals surface area contributed by atoms with Crippen molar-refractivity contribution in [3.8, 4) is 11.5 Å². The summed E-state index contributed by atoms with van der Waals surface area (Å²) in [4.78, 5) is 8.91. The molecule has 3 rings (SSSR count). The minimum atomic E-state index is -0.417. The van der Waals surface area contributed by atoms with Crippen molar-refractivity contribution in [2.45, 2.75) is 19.6 Å². The van der Waals surface area contributed by atoms with Gasteiger partial charge in [0.15, 0.2) is 5.82 Å². The maximum absolute atomic E-state index is 9.64. The van der Waals surface area contributed by atoms with Crippen molar-refractivity contribution in [1.82, 2.24) is 14.5 Å². The molecule has 0 aliphatic carbocycles. The number of fused-ring (bicyclic) bond motifs is 1. The molecule has 18 heavy (non-hydrogen) atoms. The fourth-order valence-corrected chi connectivity index (χ4v) is 2.57. The number of aliphatic hydroxyl groups excluding tert-OH is 1. The van der Waals surface area contributed by atoms with Crippen LogP contribution < -0.4 is 0 Å². The van der Waals surface area contributed by atoms with E-state index in [2.05, 4.69) is 9.97 Å². The summed E-state index contributed by atoms with van der Waals surface area (Å²) >= 11 is 1.54. The van der Waals surface area contributed by atoms with E-state index < -0.39 is 6.10 Å². The normalized spacial score (nSPS) is 13.0. The first kappa shape index (κ1) is 11.4. The molecule has 3 aromatic rings. The van der Waals surface area contributed by atoms with E-state index in [1.807, 2.05) is 34.2 Å². The highest BCUT2D eigenvalue weighted by Gasteiger charge is 2.14. The molecule has 0 unspecified atom stereocenters. The fourth-order valence-electron chi connectivity index (χ4n) is 2.04. The first-order valence-corrected chi connectivity index (χ1v) is 6.72. The molecule has 0 spiro atoms. The number of hydrogen-bond acceptors (Lipinski definition) is 4. The maximum atomic E-state index is 9.64. The molecule has 2 aromatic heterocycles. The van der Waals surface area contributed by atoms with Crippen LogP contribution in [-0.4, -0.2) is 25.7 Å². The van der Waals surface area contributed by atoms with E-state index >= 15 is 0 Å². The highest BCUT2D eigenvalue weighted by molar-refractivity contribution is 7.07. The molecule has 0 saturated heterocycles. The van der Waals surface area contributed by atoms with Gasteiger partial charge in [-0.2, -0.15) is 0 Å². The Hall–Kier alpha value is -1.72. The number of hydrogen-bond donors (Lipinski definition) is 1. The van der Waals surface area contributed by atoms with Crippen LogP contribution in [0.15, 0.2) is 35.2 Å². The van der Waals surface area contributed by atoms with Gasteiger partial charge in [-0.05, 0) is 19.1 Å². The number of aromatic nitrogens is 3. The summed E-state index contributed by atoms with van der Waals surface area (Å²) in [5.74, 6) is 0.818. The molecule has 5 heteroatoms. The Morgan fingerprint density at radius 2 is 2.22 bits per heavy atom. The Labute approximate surface area is 109 Å². The fraction of sp³-hybridized carbons (Fsp3) is 0.231. The zero-order valence-electron chi connectivity index (χ0n) is 9.95. The summed E-state index contributed by atoms with van der Waals surface area (Å²) in [6, 6.07) is 7.94. The highest BCUT2D eigenvalue weighted by atomic mass is 32.1. The second-order valence-electron chi connectivity index (χ2n) is 4.26. The van der Waals surface area contributed by atoms with Crippen LogP contribution >= 0.6 is 11.3 Å². The number of para-hydroxylation sites is 2. The van der Waals surface area contributed by atoms with Crippen molar-refractivity contribution in [2.75, 3.05) is 0 Å². The predicted molar refractivity (Wildman–Crippen MR) is 72.5 cm³/mol. The van der Waals surface area contributed by atoms with Gasteiger partial charge in [0.1, 0.15) is 5.69 Å². The third-order valence-electron chi connectivity index (χ3n) is 2.76. The second-order valence-corrected chi connectivity index (χ2v) is 4.98. The van der Waals surface area contributed by atoms with Gasteiger partial charge in [0.05, 0.1) is 29.2 Å². The Morgan fingerprint density at radius 3 is 2.94 bits per heavy atom. The van der Waals surface area contributed by atoms with Crippen LogP contribution in [0.5, 0.6) is 0 Å². The van der Waals surface area contributed by atoms with Crippen molar-refractivity contribution >= 4 is 22.4 Å². The number of rotatable bonds is 3. The van der Waals surface area contributed by atoms with Gasteiger partial charge in [0.25, 0.3) is 0 Å². The first-order valence-electron chi connectivity index (χ1n) is 5.77. The molecule has 0 amide bonds. The smallest absolute Gasteiger partial charge is 0.160 e. The Bertz CT molecular complexity index is 658. The molecule has 0 saturated carbocycles. The van der Waals surface area contributed by atoms with E-state index in [0.717, 1.165) is 22.6 Å². The second kappa shape index (κ2) is 4.51. The summed E-state index contributed by atoms with van der Waals surface area (Å²) in [5.41, 5.74) is 4.61. The molecule has 1 N–H and O–H groups in total. The monoisotopic (exact) mass is 259 g/mol. The van der Waals surface area contributed by atoms with Gasteiger partial charge in [-0.25, -0.2) is 9.97 Å². The van der Waals surface area contributed by atoms with Crippen LogP contribution in [-0.2, 0) is 6.54 Å². The van der Waals surface area contributed by atoms with E-state index in [1.165, 1.54) is 0 Å². The molecular formula is C13H13N3OS. The minimum Gasteiger partial charge on any atom is -0.392 e. The van der Waals surface area contributed by atoms with Gasteiger partial charge >= 0.3 is 0 Å². The van der Waals surface area contributed by atoms with Gasteiger partial charge < -0.3 is 9.67 Å². The third kappa shape index (κ3) is 1.91. The van der Waals surface area contributed by atoms with E-state index in [0.29, 0.717) is 6.54 Å². The van der Waals surface area contributed by atoms with E-state index in [4.69, 9.17) is 0 Å². The standard InChI is InChI=1S/C13H13N3OS/c1-9(17)6-16-12-5-3-2-4-10(12)15-13(16)11-7-18-8-14-11/h2-5,7-9,17H,6H2,1H3/t9-/m0/s1. The number of thiazole rings is 1.